The number of carboxylic acid groups (broad SMARTS) is 2. The number of rotatable bonds is 8. The molecule has 1 aliphatic rings. The van der Waals surface area contributed by atoms with Gasteiger partial charge in [0, 0.05) is 11.3 Å². The van der Waals surface area contributed by atoms with E-state index in [0.29, 0.717) is 16.8 Å². The third-order valence-corrected chi connectivity index (χ3v) is 6.95. The molecule has 14 heteroatoms. The summed E-state index contributed by atoms with van der Waals surface area (Å²) in [5, 5.41) is 39.4. The summed E-state index contributed by atoms with van der Waals surface area (Å²) in [6, 6.07) is 0. The third kappa shape index (κ3) is 9.22. The Hall–Kier alpha value is -2.52. The Morgan fingerprint density at radius 2 is 1.74 bits per heavy atom. The number of aliphatic hydroxyl groups is 2. The van der Waals surface area contributed by atoms with Gasteiger partial charge in [0.05, 0.1) is 22.4 Å². The predicted molar refractivity (Wildman–Crippen MR) is 128 cm³/mol. The zero-order valence-electron chi connectivity index (χ0n) is 19.6. The second-order valence-corrected chi connectivity index (χ2v) is 11.0. The minimum absolute atomic E-state index is 0.0352. The van der Waals surface area contributed by atoms with E-state index < -0.39 is 24.1 Å². The van der Waals surface area contributed by atoms with Gasteiger partial charge < -0.3 is 35.5 Å². The Kier molecular flexibility index (Phi) is 10.6. The van der Waals surface area contributed by atoms with Crippen molar-refractivity contribution in [3.8, 4) is 0 Å². The van der Waals surface area contributed by atoms with Crippen LogP contribution < -0.4 is 10.6 Å². The lowest BCUT2D eigenvalue weighted by atomic mass is 9.94. The maximum atomic E-state index is 12.2. The molecule has 3 heterocycles. The van der Waals surface area contributed by atoms with E-state index in [9.17, 15) is 14.4 Å². The Morgan fingerprint density at radius 3 is 2.26 bits per heavy atom. The van der Waals surface area contributed by atoms with Gasteiger partial charge in [-0.3, -0.25) is 4.79 Å². The van der Waals surface area contributed by atoms with Crippen LogP contribution in [0.25, 0.3) is 0 Å². The van der Waals surface area contributed by atoms with E-state index >= 15 is 0 Å². The molecule has 1 saturated heterocycles. The first-order valence-corrected chi connectivity index (χ1v) is 12.6. The number of aliphatic carboxylic acids is 2. The van der Waals surface area contributed by atoms with E-state index in [4.69, 9.17) is 24.8 Å². The van der Waals surface area contributed by atoms with Crippen LogP contribution in [0, 0.1) is 5.92 Å². The van der Waals surface area contributed by atoms with Crippen molar-refractivity contribution in [1.29, 1.82) is 0 Å². The molecule has 12 nitrogen and oxygen atoms in total. The van der Waals surface area contributed by atoms with E-state index in [1.807, 2.05) is 0 Å². The van der Waals surface area contributed by atoms with Gasteiger partial charge >= 0.3 is 11.9 Å². The lowest BCUT2D eigenvalue weighted by molar-refractivity contribution is -0.165. The summed E-state index contributed by atoms with van der Waals surface area (Å²) in [6.45, 7) is 8.12. The molecule has 0 unspecified atom stereocenters. The SMILES string of the molecule is CC(C)(C)c1cnc(CSc2cnc(NC(=O)C3CCNCC3)s2)o1.O=C(O)[C@@H](O)[C@H](O)C(=O)O. The van der Waals surface area contributed by atoms with Gasteiger partial charge in [-0.25, -0.2) is 19.6 Å². The van der Waals surface area contributed by atoms with E-state index in [0.717, 1.165) is 35.9 Å². The van der Waals surface area contributed by atoms with Crippen molar-refractivity contribution in [2.24, 2.45) is 5.92 Å². The Balaban J connectivity index is 0.000000367. The van der Waals surface area contributed by atoms with Crippen LogP contribution in [0.1, 0.15) is 45.3 Å². The molecule has 35 heavy (non-hydrogen) atoms. The number of amides is 1. The Morgan fingerprint density at radius 1 is 1.14 bits per heavy atom. The second-order valence-electron chi connectivity index (χ2n) is 8.72. The summed E-state index contributed by atoms with van der Waals surface area (Å²) in [7, 11) is 0. The van der Waals surface area contributed by atoms with E-state index in [1.165, 1.54) is 11.3 Å². The highest BCUT2D eigenvalue weighted by molar-refractivity contribution is 8.00. The number of carboxylic acids is 2. The van der Waals surface area contributed by atoms with E-state index in [-0.39, 0.29) is 17.2 Å². The molecule has 0 spiro atoms. The number of nitrogens with one attached hydrogen (secondary N) is 2. The van der Waals surface area contributed by atoms with E-state index in [1.54, 1.807) is 24.2 Å². The van der Waals surface area contributed by atoms with Crippen molar-refractivity contribution in [1.82, 2.24) is 15.3 Å². The molecule has 2 atom stereocenters. The number of oxazole rings is 1. The maximum Gasteiger partial charge on any atom is 0.335 e. The van der Waals surface area contributed by atoms with Gasteiger partial charge in [-0.15, -0.1) is 11.8 Å². The first-order valence-electron chi connectivity index (χ1n) is 10.8. The van der Waals surface area contributed by atoms with Crippen molar-refractivity contribution in [2.75, 3.05) is 18.4 Å². The van der Waals surface area contributed by atoms with Crippen LogP contribution in [0.4, 0.5) is 5.13 Å². The molecular formula is C21H30N4O8S2. The number of carbonyl (C=O) groups is 3. The monoisotopic (exact) mass is 530 g/mol. The highest BCUT2D eigenvalue weighted by atomic mass is 32.2. The average molecular weight is 531 g/mol. The summed E-state index contributed by atoms with van der Waals surface area (Å²) >= 11 is 3.11. The van der Waals surface area contributed by atoms with Crippen LogP contribution in [-0.2, 0) is 25.6 Å². The van der Waals surface area contributed by atoms with Gasteiger partial charge in [0.15, 0.2) is 17.3 Å². The van der Waals surface area contributed by atoms with Crippen LogP contribution >= 0.6 is 23.1 Å². The molecule has 0 saturated carbocycles. The van der Waals surface area contributed by atoms with Crippen molar-refractivity contribution < 1.29 is 39.2 Å². The number of hydrogen-bond acceptors (Lipinski definition) is 11. The molecule has 2 aromatic heterocycles. The van der Waals surface area contributed by atoms with Gasteiger partial charge in [-0.2, -0.15) is 0 Å². The van der Waals surface area contributed by atoms with Gasteiger partial charge in [-0.05, 0) is 25.9 Å². The molecule has 1 amide bonds. The second kappa shape index (κ2) is 13.0. The summed E-state index contributed by atoms with van der Waals surface area (Å²) in [5.74, 6) is -1.12. The highest BCUT2D eigenvalue weighted by Gasteiger charge is 2.29. The first-order chi connectivity index (χ1) is 16.4. The van der Waals surface area contributed by atoms with Crippen LogP contribution in [0.5, 0.6) is 0 Å². The van der Waals surface area contributed by atoms with Crippen LogP contribution in [0.2, 0.25) is 0 Å². The van der Waals surface area contributed by atoms with Crippen molar-refractivity contribution >= 4 is 46.1 Å². The number of thioether (sulfide) groups is 1. The fourth-order valence-corrected chi connectivity index (χ4v) is 4.53. The summed E-state index contributed by atoms with van der Waals surface area (Å²) < 4.78 is 6.84. The quantitative estimate of drug-likeness (QED) is 0.270. The predicted octanol–water partition coefficient (Wildman–Crippen LogP) is 1.54. The average Bonchev–Trinajstić information content (AvgIpc) is 3.47. The lowest BCUT2D eigenvalue weighted by Gasteiger charge is -2.20. The molecular weight excluding hydrogens is 500 g/mol. The molecule has 1 aliphatic heterocycles. The highest BCUT2D eigenvalue weighted by Crippen LogP contribution is 2.32. The standard InChI is InChI=1S/C17H24N4O2S2.C4H6O6/c1-17(2,3)12-8-19-13(23-12)10-24-14-9-20-16(25-14)21-15(22)11-4-6-18-7-5-11;5-1(3(7)8)2(6)4(9)10/h8-9,11,18H,4-7,10H2,1-3H3,(H,20,21,22);1-2,5-6H,(H,7,8)(H,9,10)/t;1-,2-/m.0/s1. The number of piperidine rings is 1. The zero-order chi connectivity index (χ0) is 26.2. The number of carbonyl (C=O) groups excluding carboxylic acids is 1. The molecule has 2 aromatic rings. The number of aromatic nitrogens is 2. The molecule has 3 rings (SSSR count). The fraction of sp³-hybridized carbons (Fsp3) is 0.571. The van der Waals surface area contributed by atoms with Crippen LogP contribution in [0.15, 0.2) is 21.0 Å². The topological polar surface area (TPSA) is 195 Å². The first kappa shape index (κ1) is 28.7. The maximum absolute atomic E-state index is 12.2. The largest absolute Gasteiger partial charge is 0.479 e. The van der Waals surface area contributed by atoms with Crippen molar-refractivity contribution in [3.05, 3.63) is 24.0 Å². The van der Waals surface area contributed by atoms with Crippen molar-refractivity contribution in [2.45, 2.75) is 61.2 Å². The zero-order valence-corrected chi connectivity index (χ0v) is 21.2. The number of aliphatic hydroxyl groups excluding tert-OH is 2. The normalized spacial score (nSPS) is 16.0. The van der Waals surface area contributed by atoms with Gasteiger partial charge in [0.25, 0.3) is 0 Å². The lowest BCUT2D eigenvalue weighted by Crippen LogP contribution is -2.39. The fourth-order valence-electron chi connectivity index (χ4n) is 2.80. The smallest absolute Gasteiger partial charge is 0.335 e. The van der Waals surface area contributed by atoms with E-state index in [2.05, 4.69) is 41.4 Å². The Bertz CT molecular complexity index is 980. The molecule has 1 fully saturated rings. The van der Waals surface area contributed by atoms with Gasteiger partial charge in [-0.1, -0.05) is 32.1 Å². The number of thiazole rings is 1. The summed E-state index contributed by atoms with van der Waals surface area (Å²) in [5.41, 5.74) is -0.0352. The third-order valence-electron chi connectivity index (χ3n) is 4.86. The molecule has 0 radical (unpaired) electrons. The number of nitrogens with zero attached hydrogens (tertiary/aromatic N) is 2. The van der Waals surface area contributed by atoms with Crippen molar-refractivity contribution in [3.63, 3.8) is 0 Å². The van der Waals surface area contributed by atoms with Crippen LogP contribution in [-0.4, -0.2) is 73.5 Å². The van der Waals surface area contributed by atoms with Gasteiger partial charge in [0.1, 0.15) is 5.76 Å². The van der Waals surface area contributed by atoms with Crippen LogP contribution in [0.3, 0.4) is 0 Å². The van der Waals surface area contributed by atoms with Gasteiger partial charge in [0.2, 0.25) is 11.8 Å². The minimum Gasteiger partial charge on any atom is -0.479 e. The molecule has 0 aliphatic carbocycles. The summed E-state index contributed by atoms with van der Waals surface area (Å²) in [6.07, 6.45) is 0.835. The molecule has 0 aromatic carbocycles. The molecule has 6 N–H and O–H groups in total. The minimum atomic E-state index is -2.27. The molecule has 194 valence electrons. The number of hydrogen-bond donors (Lipinski definition) is 6. The number of anilines is 1. The molecule has 0 bridgehead atoms. The summed E-state index contributed by atoms with van der Waals surface area (Å²) in [4.78, 5) is 40.4. The Labute approximate surface area is 210 Å².